The average molecular weight is 398 g/mol. The summed E-state index contributed by atoms with van der Waals surface area (Å²) < 4.78 is 51.7. The highest BCUT2D eigenvalue weighted by Gasteiger charge is 2.30. The Morgan fingerprint density at radius 3 is 2.05 bits per heavy atom. The van der Waals surface area contributed by atoms with E-state index < -0.39 is 17.6 Å². The van der Waals surface area contributed by atoms with Crippen molar-refractivity contribution >= 4 is 31.9 Å². The van der Waals surface area contributed by atoms with Crippen LogP contribution >= 0.6 is 31.9 Å². The number of benzene rings is 2. The molecule has 6 heteroatoms. The highest BCUT2D eigenvalue weighted by atomic mass is 79.9. The fourth-order valence-corrected chi connectivity index (χ4v) is 2.67. The molecule has 0 aromatic heterocycles. The van der Waals surface area contributed by atoms with Gasteiger partial charge in [0.25, 0.3) is 0 Å². The first-order valence-electron chi connectivity index (χ1n) is 5.11. The van der Waals surface area contributed by atoms with E-state index in [1.165, 1.54) is 24.3 Å². The first-order valence-corrected chi connectivity index (χ1v) is 6.70. The Labute approximate surface area is 123 Å². The predicted molar refractivity (Wildman–Crippen MR) is 72.2 cm³/mol. The number of hydrogen-bond acceptors (Lipinski definition) is 0. The van der Waals surface area contributed by atoms with Gasteiger partial charge in [-0.15, -0.1) is 0 Å². The lowest BCUT2D eigenvalue weighted by Gasteiger charge is -2.11. The molecule has 0 heterocycles. The van der Waals surface area contributed by atoms with E-state index in [-0.39, 0.29) is 4.47 Å². The van der Waals surface area contributed by atoms with Gasteiger partial charge in [0.15, 0.2) is 0 Å². The number of hydrogen-bond donors (Lipinski definition) is 0. The Hall–Kier alpha value is -0.880. The highest BCUT2D eigenvalue weighted by Crippen LogP contribution is 2.38. The van der Waals surface area contributed by atoms with E-state index in [4.69, 9.17) is 0 Å². The van der Waals surface area contributed by atoms with Crippen LogP contribution in [-0.2, 0) is 6.18 Å². The van der Waals surface area contributed by atoms with Crippen LogP contribution in [0.5, 0.6) is 0 Å². The second kappa shape index (κ2) is 5.25. The summed E-state index contributed by atoms with van der Waals surface area (Å²) in [6.07, 6.45) is -4.40. The molecular weight excluding hydrogens is 392 g/mol. The molecule has 0 spiro atoms. The van der Waals surface area contributed by atoms with E-state index in [9.17, 15) is 17.6 Å². The summed E-state index contributed by atoms with van der Waals surface area (Å²) >= 11 is 6.34. The van der Waals surface area contributed by atoms with E-state index in [0.29, 0.717) is 15.6 Å². The lowest BCUT2D eigenvalue weighted by Crippen LogP contribution is -2.04. The Balaban J connectivity index is 2.55. The molecule has 0 aliphatic heterocycles. The van der Waals surface area contributed by atoms with Gasteiger partial charge in [0.05, 0.1) is 5.56 Å². The van der Waals surface area contributed by atoms with Crippen LogP contribution in [0.15, 0.2) is 45.3 Å². The molecule has 2 aromatic carbocycles. The fourth-order valence-electron chi connectivity index (χ4n) is 1.61. The van der Waals surface area contributed by atoms with Crippen LogP contribution in [0.25, 0.3) is 11.1 Å². The van der Waals surface area contributed by atoms with Crippen molar-refractivity contribution in [2.24, 2.45) is 0 Å². The second-order valence-electron chi connectivity index (χ2n) is 3.82. The van der Waals surface area contributed by atoms with Crippen LogP contribution in [0, 0.1) is 5.82 Å². The minimum atomic E-state index is -4.40. The highest BCUT2D eigenvalue weighted by molar-refractivity contribution is 9.11. The minimum absolute atomic E-state index is 0.258. The molecule has 0 aliphatic carbocycles. The molecule has 0 N–H and O–H groups in total. The first-order chi connectivity index (χ1) is 8.79. The molecule has 0 radical (unpaired) electrons. The molecule has 0 fully saturated rings. The summed E-state index contributed by atoms with van der Waals surface area (Å²) in [7, 11) is 0. The van der Waals surface area contributed by atoms with Crippen LogP contribution in [0.3, 0.4) is 0 Å². The van der Waals surface area contributed by atoms with Gasteiger partial charge in [-0.1, -0.05) is 37.9 Å². The zero-order valence-electron chi connectivity index (χ0n) is 9.23. The van der Waals surface area contributed by atoms with E-state index in [1.807, 2.05) is 0 Å². The molecule has 0 nitrogen and oxygen atoms in total. The van der Waals surface area contributed by atoms with Crippen molar-refractivity contribution in [1.82, 2.24) is 0 Å². The van der Waals surface area contributed by atoms with Gasteiger partial charge in [-0.05, 0) is 41.5 Å². The summed E-state index contributed by atoms with van der Waals surface area (Å²) in [5, 5.41) is 0. The van der Waals surface area contributed by atoms with E-state index >= 15 is 0 Å². The summed E-state index contributed by atoms with van der Waals surface area (Å²) in [4.78, 5) is 0. The van der Waals surface area contributed by atoms with Gasteiger partial charge in [0.2, 0.25) is 0 Å². The molecule has 2 aromatic rings. The van der Waals surface area contributed by atoms with Crippen molar-refractivity contribution in [2.45, 2.75) is 6.18 Å². The summed E-state index contributed by atoms with van der Waals surface area (Å²) in [6.45, 7) is 0. The van der Waals surface area contributed by atoms with Crippen LogP contribution in [0.2, 0.25) is 0 Å². The van der Waals surface area contributed by atoms with Gasteiger partial charge in [0, 0.05) is 8.95 Å². The monoisotopic (exact) mass is 396 g/mol. The molecule has 0 unspecified atom stereocenters. The Morgan fingerprint density at radius 2 is 1.47 bits per heavy atom. The number of alkyl halides is 3. The third kappa shape index (κ3) is 3.17. The lowest BCUT2D eigenvalue weighted by molar-refractivity contribution is -0.137. The summed E-state index contributed by atoms with van der Waals surface area (Å²) in [5.74, 6) is -0.454. The molecular formula is C13H6Br2F4. The van der Waals surface area contributed by atoms with Crippen molar-refractivity contribution in [3.63, 3.8) is 0 Å². The minimum Gasteiger partial charge on any atom is -0.207 e. The maximum absolute atomic E-state index is 13.2. The topological polar surface area (TPSA) is 0 Å². The van der Waals surface area contributed by atoms with Crippen molar-refractivity contribution in [3.8, 4) is 11.1 Å². The number of rotatable bonds is 1. The Kier molecular flexibility index (Phi) is 4.01. The molecule has 0 atom stereocenters. The quantitative estimate of drug-likeness (QED) is 0.515. The molecule has 0 aliphatic rings. The lowest BCUT2D eigenvalue weighted by atomic mass is 10.0. The zero-order chi connectivity index (χ0) is 14.2. The molecule has 0 amide bonds. The van der Waals surface area contributed by atoms with Crippen LogP contribution in [0.4, 0.5) is 17.6 Å². The SMILES string of the molecule is Fc1ccc(Br)c(-c2ccc(C(F)(F)F)cc2Br)c1. The Morgan fingerprint density at radius 1 is 0.789 bits per heavy atom. The third-order valence-corrected chi connectivity index (χ3v) is 3.86. The van der Waals surface area contributed by atoms with Gasteiger partial charge >= 0.3 is 6.18 Å². The van der Waals surface area contributed by atoms with Crippen LogP contribution in [0.1, 0.15) is 5.56 Å². The Bertz CT molecular complexity index is 621. The van der Waals surface area contributed by atoms with Gasteiger partial charge in [-0.25, -0.2) is 4.39 Å². The standard InChI is InChI=1S/C13H6Br2F4/c14-11-4-2-8(16)6-10(11)9-3-1-7(5-12(9)15)13(17,18)19/h1-6H. The van der Waals surface area contributed by atoms with E-state index in [0.717, 1.165) is 12.1 Å². The molecule has 19 heavy (non-hydrogen) atoms. The van der Waals surface area contributed by atoms with Crippen molar-refractivity contribution in [3.05, 3.63) is 56.7 Å². The maximum Gasteiger partial charge on any atom is 0.416 e. The average Bonchev–Trinajstić information content (AvgIpc) is 2.31. The smallest absolute Gasteiger partial charge is 0.207 e. The molecule has 100 valence electrons. The van der Waals surface area contributed by atoms with Gasteiger partial charge in [-0.2, -0.15) is 13.2 Å². The normalized spacial score (nSPS) is 11.7. The first kappa shape index (κ1) is 14.5. The summed E-state index contributed by atoms with van der Waals surface area (Å²) in [5.41, 5.74) is 0.218. The predicted octanol–water partition coefficient (Wildman–Crippen LogP) is 6.04. The van der Waals surface area contributed by atoms with E-state index in [2.05, 4.69) is 31.9 Å². The zero-order valence-corrected chi connectivity index (χ0v) is 12.4. The molecule has 0 saturated heterocycles. The third-order valence-electron chi connectivity index (χ3n) is 2.51. The fraction of sp³-hybridized carbons (Fsp3) is 0.0769. The van der Waals surface area contributed by atoms with Gasteiger partial charge in [0.1, 0.15) is 5.82 Å². The van der Waals surface area contributed by atoms with Crippen molar-refractivity contribution < 1.29 is 17.6 Å². The molecule has 0 bridgehead atoms. The van der Waals surface area contributed by atoms with Crippen LogP contribution in [-0.4, -0.2) is 0 Å². The van der Waals surface area contributed by atoms with Crippen molar-refractivity contribution in [2.75, 3.05) is 0 Å². The van der Waals surface area contributed by atoms with E-state index in [1.54, 1.807) is 0 Å². The van der Waals surface area contributed by atoms with Gasteiger partial charge in [-0.3, -0.25) is 0 Å². The van der Waals surface area contributed by atoms with Crippen molar-refractivity contribution in [1.29, 1.82) is 0 Å². The maximum atomic E-state index is 13.2. The largest absolute Gasteiger partial charge is 0.416 e. The second-order valence-corrected chi connectivity index (χ2v) is 5.53. The molecule has 0 saturated carbocycles. The number of halogens is 6. The summed E-state index contributed by atoms with van der Waals surface area (Å²) in [6, 6.07) is 7.30. The van der Waals surface area contributed by atoms with Gasteiger partial charge < -0.3 is 0 Å². The molecule has 2 rings (SSSR count). The van der Waals surface area contributed by atoms with Crippen LogP contribution < -0.4 is 0 Å².